The first-order chi connectivity index (χ1) is 15.5. The van der Waals surface area contributed by atoms with E-state index >= 15 is 0 Å². The highest BCUT2D eigenvalue weighted by Crippen LogP contribution is 2.41. The van der Waals surface area contributed by atoms with E-state index in [0.29, 0.717) is 18.5 Å². The summed E-state index contributed by atoms with van der Waals surface area (Å²) in [6.45, 7) is 3.45. The Morgan fingerprint density at radius 3 is 2.66 bits per heavy atom. The molecule has 3 aliphatic rings. The first-order valence-corrected chi connectivity index (χ1v) is 10.9. The molecule has 1 spiro atoms. The normalized spacial score (nSPS) is 22.9. The molecule has 1 atom stereocenters. The molecule has 2 saturated heterocycles. The number of anilines is 2. The van der Waals surface area contributed by atoms with Gasteiger partial charge in [0.05, 0.1) is 11.9 Å². The summed E-state index contributed by atoms with van der Waals surface area (Å²) in [5.41, 5.74) is 1.35. The lowest BCUT2D eigenvalue weighted by Crippen LogP contribution is -2.44. The molecule has 9 heteroatoms. The molecule has 2 aliphatic heterocycles. The van der Waals surface area contributed by atoms with Gasteiger partial charge in [-0.15, -0.1) is 0 Å². The quantitative estimate of drug-likeness (QED) is 0.701. The molecule has 166 valence electrons. The molecular formula is C23H26N6O3. The number of hydrogen-bond donors (Lipinski definition) is 2. The van der Waals surface area contributed by atoms with Crippen LogP contribution in [0, 0.1) is 0 Å². The van der Waals surface area contributed by atoms with Gasteiger partial charge in [-0.05, 0) is 43.1 Å². The lowest BCUT2D eigenvalue weighted by Gasteiger charge is -2.33. The number of urea groups is 1. The predicted molar refractivity (Wildman–Crippen MR) is 119 cm³/mol. The highest BCUT2D eigenvalue weighted by Gasteiger charge is 2.55. The van der Waals surface area contributed by atoms with Gasteiger partial charge in [-0.1, -0.05) is 24.3 Å². The zero-order valence-corrected chi connectivity index (χ0v) is 18.0. The fraction of sp³-hybridized carbons (Fsp3) is 0.391. The lowest BCUT2D eigenvalue weighted by atomic mass is 9.92. The number of carbonyl (C=O) groups is 3. The molecule has 0 saturated carbocycles. The summed E-state index contributed by atoms with van der Waals surface area (Å²) < 4.78 is 0. The number of aryl methyl sites for hydroxylation is 1. The summed E-state index contributed by atoms with van der Waals surface area (Å²) in [4.78, 5) is 48.3. The van der Waals surface area contributed by atoms with E-state index in [0.717, 1.165) is 48.0 Å². The van der Waals surface area contributed by atoms with E-state index in [9.17, 15) is 14.4 Å². The van der Waals surface area contributed by atoms with Crippen molar-refractivity contribution in [3.8, 4) is 0 Å². The molecule has 2 aromatic rings. The fourth-order valence-electron chi connectivity index (χ4n) is 4.76. The Kier molecular flexibility index (Phi) is 5.05. The number of pyridine rings is 1. The van der Waals surface area contributed by atoms with Crippen molar-refractivity contribution in [3.63, 3.8) is 0 Å². The third kappa shape index (κ3) is 3.48. The molecular weight excluding hydrogens is 408 g/mol. The first kappa shape index (κ1) is 20.4. The second-order valence-electron chi connectivity index (χ2n) is 8.63. The first-order valence-electron chi connectivity index (χ1n) is 10.9. The number of benzene rings is 1. The van der Waals surface area contributed by atoms with Crippen molar-refractivity contribution in [1.82, 2.24) is 20.1 Å². The van der Waals surface area contributed by atoms with Crippen LogP contribution in [0.25, 0.3) is 0 Å². The minimum absolute atomic E-state index is 0.338. The van der Waals surface area contributed by atoms with Crippen LogP contribution in [-0.4, -0.2) is 72.4 Å². The van der Waals surface area contributed by atoms with Crippen LogP contribution in [0.2, 0.25) is 0 Å². The highest BCUT2D eigenvalue weighted by molar-refractivity contribution is 6.10. The van der Waals surface area contributed by atoms with E-state index in [4.69, 9.17) is 0 Å². The Hall–Kier alpha value is -3.46. The van der Waals surface area contributed by atoms with Crippen LogP contribution in [0.5, 0.6) is 0 Å². The van der Waals surface area contributed by atoms with E-state index in [1.54, 1.807) is 12.3 Å². The van der Waals surface area contributed by atoms with Gasteiger partial charge in [-0.25, -0.2) is 9.78 Å². The van der Waals surface area contributed by atoms with Crippen molar-refractivity contribution in [2.24, 2.45) is 0 Å². The van der Waals surface area contributed by atoms with Crippen LogP contribution >= 0.6 is 0 Å². The maximum atomic E-state index is 13.2. The summed E-state index contributed by atoms with van der Waals surface area (Å²) in [6, 6.07) is 10.8. The number of amides is 4. The molecule has 9 nitrogen and oxygen atoms in total. The summed E-state index contributed by atoms with van der Waals surface area (Å²) in [5, 5.41) is 5.58. The van der Waals surface area contributed by atoms with Gasteiger partial charge in [-0.3, -0.25) is 14.5 Å². The summed E-state index contributed by atoms with van der Waals surface area (Å²) >= 11 is 0. The number of rotatable bonds is 4. The molecule has 5 rings (SSSR count). The molecule has 3 heterocycles. The average Bonchev–Trinajstić information content (AvgIpc) is 3.28. The number of carbonyl (C=O) groups excluding carboxylic acids is 3. The van der Waals surface area contributed by atoms with Crippen LogP contribution < -0.4 is 15.5 Å². The predicted octanol–water partition coefficient (Wildman–Crippen LogP) is 1.17. The largest absolute Gasteiger partial charge is 0.354 e. The fourth-order valence-corrected chi connectivity index (χ4v) is 4.76. The number of hydrogen-bond acceptors (Lipinski definition) is 6. The third-order valence-electron chi connectivity index (χ3n) is 6.58. The Labute approximate surface area is 186 Å². The monoisotopic (exact) mass is 434 g/mol. The van der Waals surface area contributed by atoms with Gasteiger partial charge >= 0.3 is 6.03 Å². The number of nitrogens with zero attached hydrogens (tertiary/aromatic N) is 4. The Morgan fingerprint density at radius 1 is 1.12 bits per heavy atom. The molecule has 1 aliphatic carbocycles. The molecule has 0 bridgehead atoms. The van der Waals surface area contributed by atoms with Crippen LogP contribution in [0.1, 0.15) is 17.5 Å². The lowest BCUT2D eigenvalue weighted by molar-refractivity contribution is -0.134. The SMILES string of the molecule is CN1CCN(c2ccc(NC(=O)CN3C(=O)NC4(CCc5ccccc54)C3=O)cn2)CC1. The maximum Gasteiger partial charge on any atom is 0.325 e. The van der Waals surface area contributed by atoms with Crippen molar-refractivity contribution in [1.29, 1.82) is 0 Å². The topological polar surface area (TPSA) is 97.9 Å². The van der Waals surface area contributed by atoms with Gasteiger partial charge in [-0.2, -0.15) is 0 Å². The van der Waals surface area contributed by atoms with Crippen molar-refractivity contribution in [2.45, 2.75) is 18.4 Å². The Bertz CT molecular complexity index is 1060. The minimum Gasteiger partial charge on any atom is -0.354 e. The van der Waals surface area contributed by atoms with Crippen molar-refractivity contribution < 1.29 is 14.4 Å². The third-order valence-corrected chi connectivity index (χ3v) is 6.58. The van der Waals surface area contributed by atoms with Crippen molar-refractivity contribution >= 4 is 29.4 Å². The number of piperazine rings is 1. The molecule has 2 fully saturated rings. The van der Waals surface area contributed by atoms with Gasteiger partial charge < -0.3 is 20.4 Å². The molecule has 4 amide bonds. The molecule has 2 N–H and O–H groups in total. The molecule has 1 unspecified atom stereocenters. The second-order valence-corrected chi connectivity index (χ2v) is 8.63. The molecule has 1 aromatic heterocycles. The van der Waals surface area contributed by atoms with Crippen LogP contribution in [0.4, 0.5) is 16.3 Å². The minimum atomic E-state index is -1.06. The molecule has 1 aromatic carbocycles. The summed E-state index contributed by atoms with van der Waals surface area (Å²) in [5.74, 6) is 0.0594. The van der Waals surface area contributed by atoms with Crippen molar-refractivity contribution in [2.75, 3.05) is 50.0 Å². The summed E-state index contributed by atoms with van der Waals surface area (Å²) in [6.07, 6.45) is 2.83. The number of imide groups is 1. The van der Waals surface area contributed by atoms with E-state index < -0.39 is 17.5 Å². The molecule has 32 heavy (non-hydrogen) atoms. The smallest absolute Gasteiger partial charge is 0.325 e. The van der Waals surface area contributed by atoms with Gasteiger partial charge in [0.1, 0.15) is 17.9 Å². The van der Waals surface area contributed by atoms with Crippen LogP contribution in [0.15, 0.2) is 42.6 Å². The zero-order chi connectivity index (χ0) is 22.3. The highest BCUT2D eigenvalue weighted by atomic mass is 16.2. The Balaban J connectivity index is 1.23. The van der Waals surface area contributed by atoms with Gasteiger partial charge in [0.2, 0.25) is 5.91 Å². The van der Waals surface area contributed by atoms with Crippen molar-refractivity contribution in [3.05, 3.63) is 53.7 Å². The number of likely N-dealkylation sites (N-methyl/N-ethyl adjacent to an activating group) is 1. The van der Waals surface area contributed by atoms with Crippen LogP contribution in [-0.2, 0) is 21.5 Å². The second kappa shape index (κ2) is 7.90. The number of fused-ring (bicyclic) bond motifs is 2. The van der Waals surface area contributed by atoms with Gasteiger partial charge in [0.15, 0.2) is 0 Å². The van der Waals surface area contributed by atoms with E-state index in [2.05, 4.69) is 32.5 Å². The van der Waals surface area contributed by atoms with E-state index in [-0.39, 0.29) is 12.5 Å². The van der Waals surface area contributed by atoms with Gasteiger partial charge in [0.25, 0.3) is 5.91 Å². The standard InChI is InChI=1S/C23H26N6O3/c1-27-10-12-28(13-11-27)19-7-6-17(14-24-19)25-20(30)15-29-21(31)23(26-22(29)32)9-8-16-4-2-3-5-18(16)23/h2-7,14H,8-13,15H2,1H3,(H,25,30)(H,26,32). The summed E-state index contributed by atoms with van der Waals surface area (Å²) in [7, 11) is 2.10. The Morgan fingerprint density at radius 2 is 1.91 bits per heavy atom. The number of aromatic nitrogens is 1. The average molecular weight is 435 g/mol. The zero-order valence-electron chi connectivity index (χ0n) is 18.0. The van der Waals surface area contributed by atoms with Crippen LogP contribution in [0.3, 0.4) is 0 Å². The number of nitrogens with one attached hydrogen (secondary N) is 2. The molecule has 0 radical (unpaired) electrons. The van der Waals surface area contributed by atoms with E-state index in [1.165, 1.54) is 0 Å². The van der Waals surface area contributed by atoms with E-state index in [1.807, 2.05) is 30.3 Å². The van der Waals surface area contributed by atoms with Gasteiger partial charge in [0, 0.05) is 26.2 Å². The maximum absolute atomic E-state index is 13.2.